The number of rotatable bonds is 6. The summed E-state index contributed by atoms with van der Waals surface area (Å²) < 4.78 is 11.8. The summed E-state index contributed by atoms with van der Waals surface area (Å²) >= 11 is 0. The lowest BCUT2D eigenvalue weighted by Gasteiger charge is -2.18. The fourth-order valence-corrected chi connectivity index (χ4v) is 3.30. The molecule has 25 heavy (non-hydrogen) atoms. The predicted octanol–water partition coefficient (Wildman–Crippen LogP) is 3.67. The highest BCUT2D eigenvalue weighted by molar-refractivity contribution is 5.48. The first-order valence-corrected chi connectivity index (χ1v) is 8.96. The van der Waals surface area contributed by atoms with E-state index in [1.54, 1.807) is 0 Å². The van der Waals surface area contributed by atoms with Crippen LogP contribution in [-0.2, 0) is 13.0 Å². The number of ether oxygens (including phenoxy) is 2. The van der Waals surface area contributed by atoms with Gasteiger partial charge in [0, 0.05) is 47.6 Å². The van der Waals surface area contributed by atoms with E-state index in [2.05, 4.69) is 41.3 Å². The Balaban J connectivity index is 1.77. The van der Waals surface area contributed by atoms with Gasteiger partial charge in [-0.05, 0) is 46.8 Å². The minimum Gasteiger partial charge on any atom is -0.494 e. The molecule has 2 aromatic rings. The van der Waals surface area contributed by atoms with Crippen molar-refractivity contribution in [1.29, 1.82) is 0 Å². The Morgan fingerprint density at radius 3 is 2.88 bits per heavy atom. The van der Waals surface area contributed by atoms with Gasteiger partial charge in [-0.3, -0.25) is 0 Å². The minimum atomic E-state index is 0.156. The highest BCUT2D eigenvalue weighted by atomic mass is 16.5. The van der Waals surface area contributed by atoms with Crippen LogP contribution < -0.4 is 14.8 Å². The van der Waals surface area contributed by atoms with Gasteiger partial charge in [-0.2, -0.15) is 0 Å². The zero-order chi connectivity index (χ0) is 18.0. The Morgan fingerprint density at radius 1 is 1.36 bits per heavy atom. The number of nitrogens with zero attached hydrogens (tertiary/aromatic N) is 2. The lowest BCUT2D eigenvalue weighted by Crippen LogP contribution is -2.20. The molecule has 3 rings (SSSR count). The lowest BCUT2D eigenvalue weighted by atomic mass is 10.1. The van der Waals surface area contributed by atoms with Crippen molar-refractivity contribution in [3.05, 3.63) is 46.5 Å². The number of fused-ring (bicyclic) bond motifs is 1. The van der Waals surface area contributed by atoms with Gasteiger partial charge in [0.1, 0.15) is 23.4 Å². The summed E-state index contributed by atoms with van der Waals surface area (Å²) in [6.45, 7) is 11.5. The van der Waals surface area contributed by atoms with Crippen molar-refractivity contribution >= 4 is 0 Å². The van der Waals surface area contributed by atoms with E-state index in [4.69, 9.17) is 9.47 Å². The normalized spacial score (nSPS) is 17.1. The predicted molar refractivity (Wildman–Crippen MR) is 98.2 cm³/mol. The van der Waals surface area contributed by atoms with E-state index in [-0.39, 0.29) is 12.1 Å². The van der Waals surface area contributed by atoms with Gasteiger partial charge in [0.15, 0.2) is 0 Å². The third-order valence-electron chi connectivity index (χ3n) is 4.58. The van der Waals surface area contributed by atoms with Gasteiger partial charge < -0.3 is 14.8 Å². The zero-order valence-electron chi connectivity index (χ0n) is 15.7. The summed E-state index contributed by atoms with van der Waals surface area (Å²) in [5.74, 6) is 2.72. The van der Waals surface area contributed by atoms with E-state index in [0.717, 1.165) is 40.6 Å². The molecule has 5 nitrogen and oxygen atoms in total. The van der Waals surface area contributed by atoms with Gasteiger partial charge in [-0.1, -0.05) is 0 Å². The van der Waals surface area contributed by atoms with Crippen molar-refractivity contribution in [2.24, 2.45) is 0 Å². The fraction of sp³-hybridized carbons (Fsp3) is 0.500. The largest absolute Gasteiger partial charge is 0.494 e. The number of hydrogen-bond donors (Lipinski definition) is 1. The SMILES string of the molecule is CCOc1cc2c(cc1CN[C@@H](C)c1cnc(C)nc1C)O[C@H](C)C2. The van der Waals surface area contributed by atoms with Gasteiger partial charge in [0.05, 0.1) is 6.61 Å². The molecule has 0 saturated carbocycles. The van der Waals surface area contributed by atoms with E-state index < -0.39 is 0 Å². The summed E-state index contributed by atoms with van der Waals surface area (Å²) in [6, 6.07) is 4.40. The second kappa shape index (κ2) is 7.40. The molecule has 0 bridgehead atoms. The van der Waals surface area contributed by atoms with Crippen molar-refractivity contribution in [2.45, 2.75) is 59.7 Å². The highest BCUT2D eigenvalue weighted by Gasteiger charge is 2.22. The topological polar surface area (TPSA) is 56.3 Å². The summed E-state index contributed by atoms with van der Waals surface area (Å²) in [5.41, 5.74) is 4.49. The van der Waals surface area contributed by atoms with Gasteiger partial charge in [-0.25, -0.2) is 9.97 Å². The molecule has 1 N–H and O–H groups in total. The summed E-state index contributed by atoms with van der Waals surface area (Å²) in [5, 5.41) is 3.56. The maximum Gasteiger partial charge on any atom is 0.125 e. The standard InChI is InChI=1S/C20H27N3O2/c1-6-24-19-8-16-7-12(2)25-20(16)9-17(19)10-21-13(3)18-11-22-15(5)23-14(18)4/h8-9,11-13,21H,6-7,10H2,1-5H3/t12-,13+/m1/s1. The molecule has 0 radical (unpaired) electrons. The number of nitrogens with one attached hydrogen (secondary N) is 1. The first-order chi connectivity index (χ1) is 12.0. The smallest absolute Gasteiger partial charge is 0.125 e. The molecule has 0 saturated heterocycles. The van der Waals surface area contributed by atoms with Gasteiger partial charge in [-0.15, -0.1) is 0 Å². The molecule has 1 aromatic heterocycles. The molecular weight excluding hydrogens is 314 g/mol. The molecular formula is C20H27N3O2. The molecule has 0 unspecified atom stereocenters. The molecule has 1 aliphatic heterocycles. The second-order valence-electron chi connectivity index (χ2n) is 6.69. The van der Waals surface area contributed by atoms with Gasteiger partial charge >= 0.3 is 0 Å². The summed E-state index contributed by atoms with van der Waals surface area (Å²) in [4.78, 5) is 8.78. The third kappa shape index (κ3) is 3.93. The van der Waals surface area contributed by atoms with Gasteiger partial charge in [0.25, 0.3) is 0 Å². The molecule has 2 heterocycles. The zero-order valence-corrected chi connectivity index (χ0v) is 15.7. The third-order valence-corrected chi connectivity index (χ3v) is 4.58. The van der Waals surface area contributed by atoms with Crippen molar-refractivity contribution in [1.82, 2.24) is 15.3 Å². The molecule has 0 fully saturated rings. The van der Waals surface area contributed by atoms with Gasteiger partial charge in [0.2, 0.25) is 0 Å². The molecule has 0 spiro atoms. The van der Waals surface area contributed by atoms with Crippen LogP contribution in [0.25, 0.3) is 0 Å². The Hall–Kier alpha value is -2.14. The Bertz CT molecular complexity index is 761. The van der Waals surface area contributed by atoms with Crippen molar-refractivity contribution < 1.29 is 9.47 Å². The minimum absolute atomic E-state index is 0.156. The van der Waals surface area contributed by atoms with Crippen molar-refractivity contribution in [2.75, 3.05) is 6.61 Å². The maximum absolute atomic E-state index is 5.90. The number of benzene rings is 1. The van der Waals surface area contributed by atoms with E-state index in [1.165, 1.54) is 5.56 Å². The van der Waals surface area contributed by atoms with E-state index in [0.29, 0.717) is 13.2 Å². The first-order valence-electron chi connectivity index (χ1n) is 8.96. The molecule has 1 aromatic carbocycles. The molecule has 1 aliphatic rings. The number of hydrogen-bond acceptors (Lipinski definition) is 5. The quantitative estimate of drug-likeness (QED) is 0.869. The van der Waals surface area contributed by atoms with Crippen LogP contribution in [0, 0.1) is 13.8 Å². The second-order valence-corrected chi connectivity index (χ2v) is 6.69. The first kappa shape index (κ1) is 17.7. The van der Waals surface area contributed by atoms with Crippen molar-refractivity contribution in [3.63, 3.8) is 0 Å². The number of aromatic nitrogens is 2. The summed E-state index contributed by atoms with van der Waals surface area (Å²) in [6.07, 6.45) is 3.09. The monoisotopic (exact) mass is 341 g/mol. The highest BCUT2D eigenvalue weighted by Crippen LogP contribution is 2.35. The Labute approximate surface area is 149 Å². The van der Waals surface area contributed by atoms with Crippen LogP contribution in [0.2, 0.25) is 0 Å². The molecule has 134 valence electrons. The van der Waals surface area contributed by atoms with E-state index >= 15 is 0 Å². The maximum atomic E-state index is 5.90. The van der Waals surface area contributed by atoms with Crippen LogP contribution in [0.1, 0.15) is 55.0 Å². The Morgan fingerprint density at radius 2 is 2.16 bits per heavy atom. The average Bonchev–Trinajstić information content (AvgIpc) is 2.91. The van der Waals surface area contributed by atoms with Crippen LogP contribution in [-0.4, -0.2) is 22.7 Å². The van der Waals surface area contributed by atoms with E-state index in [9.17, 15) is 0 Å². The van der Waals surface area contributed by atoms with Crippen LogP contribution in [0.3, 0.4) is 0 Å². The average molecular weight is 341 g/mol. The van der Waals surface area contributed by atoms with Crippen LogP contribution in [0.15, 0.2) is 18.3 Å². The molecule has 5 heteroatoms. The summed E-state index contributed by atoms with van der Waals surface area (Å²) in [7, 11) is 0. The van der Waals surface area contributed by atoms with Crippen LogP contribution in [0.4, 0.5) is 0 Å². The Kier molecular flexibility index (Phi) is 5.23. The van der Waals surface area contributed by atoms with Crippen LogP contribution in [0.5, 0.6) is 11.5 Å². The fourth-order valence-electron chi connectivity index (χ4n) is 3.30. The van der Waals surface area contributed by atoms with Crippen molar-refractivity contribution in [3.8, 4) is 11.5 Å². The molecule has 0 amide bonds. The molecule has 0 aliphatic carbocycles. The van der Waals surface area contributed by atoms with Crippen LogP contribution >= 0.6 is 0 Å². The molecule has 2 atom stereocenters. The number of aryl methyl sites for hydroxylation is 2. The van der Waals surface area contributed by atoms with E-state index in [1.807, 2.05) is 27.0 Å². The lowest BCUT2D eigenvalue weighted by molar-refractivity contribution is 0.254.